The lowest BCUT2D eigenvalue weighted by Gasteiger charge is -2.33. The minimum atomic E-state index is -0.723. The molecule has 0 radical (unpaired) electrons. The zero-order valence-electron chi connectivity index (χ0n) is 15.7. The Labute approximate surface area is 140 Å². The van der Waals surface area contributed by atoms with E-state index in [1.165, 1.54) is 0 Å². The molecule has 1 aromatic rings. The standard InChI is InChI=1S/C19H31NO3/c1-17(2,3)13-19(7,20-8)16(21)22-14-9-11-15(12-10-14)23-18(4,5)6/h9-12,20H,13H2,1-8H3. The molecule has 1 rings (SSSR count). The highest BCUT2D eigenvalue weighted by atomic mass is 16.5. The first kappa shape index (κ1) is 19.5. The predicted molar refractivity (Wildman–Crippen MR) is 94.0 cm³/mol. The van der Waals surface area contributed by atoms with Crippen molar-refractivity contribution in [1.82, 2.24) is 5.32 Å². The predicted octanol–water partition coefficient (Wildman–Crippen LogP) is 4.18. The number of carbonyl (C=O) groups is 1. The Hall–Kier alpha value is -1.55. The number of carbonyl (C=O) groups excluding carboxylic acids is 1. The van der Waals surface area contributed by atoms with Gasteiger partial charge in [0.1, 0.15) is 22.6 Å². The molecule has 1 atom stereocenters. The number of nitrogens with one attached hydrogen (secondary N) is 1. The summed E-state index contributed by atoms with van der Waals surface area (Å²) in [6, 6.07) is 7.14. The van der Waals surface area contributed by atoms with Crippen molar-refractivity contribution in [2.24, 2.45) is 5.41 Å². The molecule has 23 heavy (non-hydrogen) atoms. The van der Waals surface area contributed by atoms with Crippen LogP contribution in [0.2, 0.25) is 0 Å². The van der Waals surface area contributed by atoms with Gasteiger partial charge in [0.05, 0.1) is 0 Å². The molecular weight excluding hydrogens is 290 g/mol. The van der Waals surface area contributed by atoms with E-state index in [1.54, 1.807) is 19.2 Å². The second-order valence-corrected chi connectivity index (χ2v) is 8.39. The highest BCUT2D eigenvalue weighted by Crippen LogP contribution is 2.29. The van der Waals surface area contributed by atoms with Gasteiger partial charge in [-0.3, -0.25) is 0 Å². The van der Waals surface area contributed by atoms with E-state index in [0.717, 1.165) is 5.75 Å². The lowest BCUT2D eigenvalue weighted by atomic mass is 9.81. The Kier molecular flexibility index (Phi) is 5.86. The van der Waals surface area contributed by atoms with Gasteiger partial charge in [0.25, 0.3) is 0 Å². The van der Waals surface area contributed by atoms with Crippen LogP contribution >= 0.6 is 0 Å². The molecule has 4 heteroatoms. The number of rotatable bonds is 5. The third-order valence-corrected chi connectivity index (χ3v) is 3.34. The molecule has 0 aliphatic rings. The number of esters is 1. The minimum absolute atomic E-state index is 0.0151. The van der Waals surface area contributed by atoms with Crippen molar-refractivity contribution in [3.8, 4) is 11.5 Å². The van der Waals surface area contributed by atoms with E-state index in [-0.39, 0.29) is 17.0 Å². The van der Waals surface area contributed by atoms with Gasteiger partial charge in [0.15, 0.2) is 0 Å². The van der Waals surface area contributed by atoms with Crippen LogP contribution in [0.1, 0.15) is 54.9 Å². The summed E-state index contributed by atoms with van der Waals surface area (Å²) in [5.74, 6) is 0.995. The number of likely N-dealkylation sites (N-methyl/N-ethyl adjacent to an activating group) is 1. The fraction of sp³-hybridized carbons (Fsp3) is 0.632. The normalized spacial score (nSPS) is 15.0. The van der Waals surface area contributed by atoms with Gasteiger partial charge in [0, 0.05) is 0 Å². The van der Waals surface area contributed by atoms with Crippen LogP contribution in [0.3, 0.4) is 0 Å². The SMILES string of the molecule is CNC(C)(CC(C)(C)C)C(=O)Oc1ccc(OC(C)(C)C)cc1. The second kappa shape index (κ2) is 6.91. The Morgan fingerprint density at radius 1 is 0.957 bits per heavy atom. The summed E-state index contributed by atoms with van der Waals surface area (Å²) in [7, 11) is 1.78. The molecule has 0 aliphatic carbocycles. The highest BCUT2D eigenvalue weighted by molar-refractivity contribution is 5.82. The van der Waals surface area contributed by atoms with Crippen LogP contribution in [0.5, 0.6) is 11.5 Å². The summed E-state index contributed by atoms with van der Waals surface area (Å²) in [4.78, 5) is 12.5. The first-order chi connectivity index (χ1) is 10.3. The Morgan fingerprint density at radius 3 is 1.83 bits per heavy atom. The molecule has 130 valence electrons. The van der Waals surface area contributed by atoms with Crippen LogP contribution in [0.15, 0.2) is 24.3 Å². The first-order valence-corrected chi connectivity index (χ1v) is 8.05. The average molecular weight is 321 g/mol. The van der Waals surface area contributed by atoms with E-state index in [0.29, 0.717) is 12.2 Å². The topological polar surface area (TPSA) is 47.6 Å². The number of ether oxygens (including phenoxy) is 2. The van der Waals surface area contributed by atoms with Crippen molar-refractivity contribution >= 4 is 5.97 Å². The van der Waals surface area contributed by atoms with Crippen molar-refractivity contribution in [2.45, 2.75) is 66.0 Å². The number of hydrogen-bond acceptors (Lipinski definition) is 4. The van der Waals surface area contributed by atoms with E-state index in [9.17, 15) is 4.79 Å². The maximum absolute atomic E-state index is 12.5. The molecule has 1 aromatic carbocycles. The smallest absolute Gasteiger partial charge is 0.331 e. The second-order valence-electron chi connectivity index (χ2n) is 8.39. The summed E-state index contributed by atoms with van der Waals surface area (Å²) in [5, 5.41) is 3.10. The lowest BCUT2D eigenvalue weighted by molar-refractivity contribution is -0.142. The Morgan fingerprint density at radius 2 is 1.43 bits per heavy atom. The largest absolute Gasteiger partial charge is 0.488 e. The Balaban J connectivity index is 2.80. The van der Waals surface area contributed by atoms with Crippen LogP contribution in [0, 0.1) is 5.41 Å². The lowest BCUT2D eigenvalue weighted by Crippen LogP contribution is -2.52. The molecule has 0 aromatic heterocycles. The zero-order valence-corrected chi connectivity index (χ0v) is 15.7. The molecule has 0 saturated heterocycles. The van der Waals surface area contributed by atoms with Crippen molar-refractivity contribution in [1.29, 1.82) is 0 Å². The van der Waals surface area contributed by atoms with E-state index in [4.69, 9.17) is 9.47 Å². The summed E-state index contributed by atoms with van der Waals surface area (Å²) < 4.78 is 11.3. The van der Waals surface area contributed by atoms with E-state index in [2.05, 4.69) is 26.1 Å². The Bertz CT molecular complexity index is 523. The molecule has 0 bridgehead atoms. The van der Waals surface area contributed by atoms with Gasteiger partial charge in [-0.2, -0.15) is 0 Å². The maximum atomic E-state index is 12.5. The van der Waals surface area contributed by atoms with Crippen LogP contribution in [0.25, 0.3) is 0 Å². The molecule has 0 heterocycles. The highest BCUT2D eigenvalue weighted by Gasteiger charge is 2.37. The van der Waals surface area contributed by atoms with Crippen LogP contribution in [-0.4, -0.2) is 24.2 Å². The van der Waals surface area contributed by atoms with Gasteiger partial charge in [-0.05, 0) is 70.8 Å². The van der Waals surface area contributed by atoms with E-state index in [1.807, 2.05) is 39.8 Å². The van der Waals surface area contributed by atoms with Crippen LogP contribution < -0.4 is 14.8 Å². The average Bonchev–Trinajstić information content (AvgIpc) is 2.37. The van der Waals surface area contributed by atoms with Crippen molar-refractivity contribution in [3.05, 3.63) is 24.3 Å². The quantitative estimate of drug-likeness (QED) is 0.653. The van der Waals surface area contributed by atoms with Gasteiger partial charge in [-0.25, -0.2) is 4.79 Å². The van der Waals surface area contributed by atoms with E-state index >= 15 is 0 Å². The maximum Gasteiger partial charge on any atom is 0.331 e. The molecule has 0 spiro atoms. The summed E-state index contributed by atoms with van der Waals surface area (Å²) >= 11 is 0. The zero-order chi connectivity index (χ0) is 17.9. The van der Waals surface area contributed by atoms with Gasteiger partial charge >= 0.3 is 5.97 Å². The molecule has 1 N–H and O–H groups in total. The molecule has 0 amide bonds. The third-order valence-electron chi connectivity index (χ3n) is 3.34. The number of benzene rings is 1. The van der Waals surface area contributed by atoms with E-state index < -0.39 is 5.54 Å². The summed E-state index contributed by atoms with van der Waals surface area (Å²) in [5.41, 5.74) is -0.963. The monoisotopic (exact) mass is 321 g/mol. The molecular formula is C19H31NO3. The van der Waals surface area contributed by atoms with Gasteiger partial charge in [-0.15, -0.1) is 0 Å². The molecule has 0 aliphatic heterocycles. The van der Waals surface area contributed by atoms with Crippen LogP contribution in [0.4, 0.5) is 0 Å². The molecule has 1 unspecified atom stereocenters. The van der Waals surface area contributed by atoms with Gasteiger partial charge < -0.3 is 14.8 Å². The first-order valence-electron chi connectivity index (χ1n) is 8.05. The fourth-order valence-electron chi connectivity index (χ4n) is 2.47. The van der Waals surface area contributed by atoms with Crippen molar-refractivity contribution < 1.29 is 14.3 Å². The van der Waals surface area contributed by atoms with Crippen LogP contribution in [-0.2, 0) is 4.79 Å². The van der Waals surface area contributed by atoms with Crippen molar-refractivity contribution in [2.75, 3.05) is 7.05 Å². The summed E-state index contributed by atoms with van der Waals surface area (Å²) in [6.45, 7) is 14.2. The number of hydrogen-bond donors (Lipinski definition) is 1. The molecule has 0 saturated carbocycles. The minimum Gasteiger partial charge on any atom is -0.488 e. The van der Waals surface area contributed by atoms with Gasteiger partial charge in [-0.1, -0.05) is 20.8 Å². The van der Waals surface area contributed by atoms with Crippen molar-refractivity contribution in [3.63, 3.8) is 0 Å². The molecule has 0 fully saturated rings. The third kappa shape index (κ3) is 6.61. The van der Waals surface area contributed by atoms with Gasteiger partial charge in [0.2, 0.25) is 0 Å². The molecule has 4 nitrogen and oxygen atoms in total. The summed E-state index contributed by atoms with van der Waals surface area (Å²) in [6.07, 6.45) is 0.681. The fourth-order valence-corrected chi connectivity index (χ4v) is 2.47.